The Labute approximate surface area is 130 Å². The summed E-state index contributed by atoms with van der Waals surface area (Å²) in [4.78, 5) is 1.04. The molecule has 0 radical (unpaired) electrons. The molecule has 0 saturated carbocycles. The molecule has 2 aliphatic rings. The number of piperidine rings is 2. The minimum Gasteiger partial charge on any atom is -0.255 e. The molecule has 1 aromatic rings. The van der Waals surface area contributed by atoms with Crippen LogP contribution in [0.1, 0.15) is 43.6 Å². The van der Waals surface area contributed by atoms with Crippen LogP contribution in [0.15, 0.2) is 29.2 Å². The Kier molecular flexibility index (Phi) is 5.09. The van der Waals surface area contributed by atoms with Crippen LogP contribution in [-0.4, -0.2) is 46.7 Å². The summed E-state index contributed by atoms with van der Waals surface area (Å²) in [5, 5.41) is 5.12. The summed E-state index contributed by atoms with van der Waals surface area (Å²) in [5.41, 5.74) is 1.32. The predicted molar refractivity (Wildman–Crippen MR) is 87.7 cm³/mol. The first-order valence-corrected chi connectivity index (χ1v) is 9.73. The van der Waals surface area contributed by atoms with Gasteiger partial charge >= 0.3 is 0 Å². The Balaban J connectivity index is 1.64. The van der Waals surface area contributed by atoms with Crippen molar-refractivity contribution in [1.29, 1.82) is 0 Å². The molecule has 0 spiro atoms. The highest BCUT2D eigenvalue weighted by atomic mass is 32.2. The van der Waals surface area contributed by atoms with Gasteiger partial charge in [-0.05, 0) is 43.2 Å². The maximum Gasteiger partial charge on any atom is 0.0501 e. The maximum atomic E-state index is 11.9. The second-order valence-electron chi connectivity index (χ2n) is 6.23. The highest BCUT2D eigenvalue weighted by Crippen LogP contribution is 2.32. The molecule has 2 saturated heterocycles. The van der Waals surface area contributed by atoms with Gasteiger partial charge in [0.2, 0.25) is 0 Å². The van der Waals surface area contributed by atoms with Gasteiger partial charge in [-0.3, -0.25) is 4.21 Å². The number of hydrogen-bond donors (Lipinski definition) is 0. The second-order valence-corrected chi connectivity index (χ2v) is 7.58. The van der Waals surface area contributed by atoms with Crippen molar-refractivity contribution in [1.82, 2.24) is 10.0 Å². The Bertz CT molecular complexity index is 491. The van der Waals surface area contributed by atoms with E-state index in [-0.39, 0.29) is 0 Å². The molecule has 1 atom stereocenters. The van der Waals surface area contributed by atoms with Crippen LogP contribution >= 0.6 is 0 Å². The summed E-state index contributed by atoms with van der Waals surface area (Å²) in [5.74, 6) is 0.575. The molecule has 1 aromatic carbocycles. The molecule has 0 N–H and O–H groups in total. The van der Waals surface area contributed by atoms with E-state index in [1.807, 2.05) is 12.1 Å². The smallest absolute Gasteiger partial charge is 0.0501 e. The monoisotopic (exact) mass is 306 g/mol. The summed E-state index contributed by atoms with van der Waals surface area (Å²) >= 11 is 0. The van der Waals surface area contributed by atoms with Gasteiger partial charge in [0, 0.05) is 37.3 Å². The topological polar surface area (TPSA) is 23.6 Å². The molecular weight excluding hydrogens is 280 g/mol. The van der Waals surface area contributed by atoms with Gasteiger partial charge in [-0.2, -0.15) is 0 Å². The van der Waals surface area contributed by atoms with E-state index in [4.69, 9.17) is 0 Å². The van der Waals surface area contributed by atoms with Crippen LogP contribution < -0.4 is 0 Å². The fraction of sp³-hybridized carbons (Fsp3) is 0.647. The van der Waals surface area contributed by atoms with E-state index in [1.165, 1.54) is 50.8 Å². The van der Waals surface area contributed by atoms with E-state index < -0.39 is 10.8 Å². The van der Waals surface area contributed by atoms with Gasteiger partial charge in [0.1, 0.15) is 0 Å². The van der Waals surface area contributed by atoms with Gasteiger partial charge in [0.15, 0.2) is 0 Å². The largest absolute Gasteiger partial charge is 0.255 e. The summed E-state index contributed by atoms with van der Waals surface area (Å²) < 4.78 is 11.9. The molecule has 0 amide bonds. The summed E-state index contributed by atoms with van der Waals surface area (Å²) in [6, 6.07) is 8.30. The van der Waals surface area contributed by atoms with Crippen molar-refractivity contribution in [2.45, 2.75) is 42.9 Å². The molecule has 3 nitrogen and oxygen atoms in total. The van der Waals surface area contributed by atoms with Crippen molar-refractivity contribution < 1.29 is 4.21 Å². The van der Waals surface area contributed by atoms with Gasteiger partial charge < -0.3 is 0 Å². The highest BCUT2D eigenvalue weighted by molar-refractivity contribution is 7.84. The van der Waals surface area contributed by atoms with Crippen molar-refractivity contribution >= 4 is 10.8 Å². The maximum absolute atomic E-state index is 11.9. The van der Waals surface area contributed by atoms with Crippen LogP contribution in [0, 0.1) is 0 Å². The normalized spacial score (nSPS) is 24.0. The van der Waals surface area contributed by atoms with Gasteiger partial charge in [-0.15, -0.1) is 0 Å². The average Bonchev–Trinajstić information content (AvgIpc) is 2.56. The Morgan fingerprint density at radius 3 is 2.24 bits per heavy atom. The minimum atomic E-state index is -0.879. The van der Waals surface area contributed by atoms with E-state index in [1.54, 1.807) is 6.26 Å². The van der Waals surface area contributed by atoms with Crippen molar-refractivity contribution in [3.05, 3.63) is 29.8 Å². The van der Waals surface area contributed by atoms with Crippen molar-refractivity contribution in [2.24, 2.45) is 0 Å². The molecule has 0 bridgehead atoms. The molecule has 2 fully saturated rings. The summed E-state index contributed by atoms with van der Waals surface area (Å²) in [6.45, 7) is 4.77. The Hall–Kier alpha value is -0.710. The molecule has 2 aliphatic heterocycles. The standard InChI is InChI=1S/C17H26N2OS/c1-21(20)17-8-4-3-7-16(17)15-9-13-19(14-10-15)18-11-5-2-6-12-18/h3-4,7-8,15H,2,5-6,9-14H2,1H3. The van der Waals surface area contributed by atoms with E-state index >= 15 is 0 Å². The molecule has 0 aliphatic carbocycles. The van der Waals surface area contributed by atoms with E-state index in [2.05, 4.69) is 22.2 Å². The molecular formula is C17H26N2OS. The molecule has 4 heteroatoms. The fourth-order valence-electron chi connectivity index (χ4n) is 3.70. The molecule has 1 unspecified atom stereocenters. The molecule has 116 valence electrons. The first kappa shape index (κ1) is 15.2. The van der Waals surface area contributed by atoms with Gasteiger partial charge in [0.25, 0.3) is 0 Å². The predicted octanol–water partition coefficient (Wildman–Crippen LogP) is 3.00. The molecule has 2 heterocycles. The van der Waals surface area contributed by atoms with Gasteiger partial charge in [0.05, 0.1) is 10.8 Å². The lowest BCUT2D eigenvalue weighted by atomic mass is 9.90. The van der Waals surface area contributed by atoms with Gasteiger partial charge in [-0.25, -0.2) is 10.0 Å². The second kappa shape index (κ2) is 7.03. The van der Waals surface area contributed by atoms with Crippen LogP contribution in [0.4, 0.5) is 0 Å². The number of rotatable bonds is 3. The lowest BCUT2D eigenvalue weighted by Gasteiger charge is -2.41. The zero-order valence-electron chi connectivity index (χ0n) is 13.0. The van der Waals surface area contributed by atoms with Crippen LogP contribution in [-0.2, 0) is 10.8 Å². The zero-order valence-corrected chi connectivity index (χ0v) is 13.8. The van der Waals surface area contributed by atoms with Crippen LogP contribution in [0.25, 0.3) is 0 Å². The van der Waals surface area contributed by atoms with Gasteiger partial charge in [-0.1, -0.05) is 24.6 Å². The average molecular weight is 306 g/mol. The first-order chi connectivity index (χ1) is 10.3. The Morgan fingerprint density at radius 1 is 0.952 bits per heavy atom. The van der Waals surface area contributed by atoms with E-state index in [9.17, 15) is 4.21 Å². The summed E-state index contributed by atoms with van der Waals surface area (Å²) in [7, 11) is -0.879. The number of hydrogen-bond acceptors (Lipinski definition) is 3. The molecule has 21 heavy (non-hydrogen) atoms. The SMILES string of the molecule is CS(=O)c1ccccc1C1CCN(N2CCCCC2)CC1. The number of benzene rings is 1. The quantitative estimate of drug-likeness (QED) is 0.857. The van der Waals surface area contributed by atoms with Crippen molar-refractivity contribution in [3.63, 3.8) is 0 Å². The third kappa shape index (κ3) is 3.55. The van der Waals surface area contributed by atoms with E-state index in [0.717, 1.165) is 18.0 Å². The minimum absolute atomic E-state index is 0.575. The third-order valence-electron chi connectivity index (χ3n) is 4.87. The zero-order chi connectivity index (χ0) is 14.7. The Morgan fingerprint density at radius 2 is 1.57 bits per heavy atom. The van der Waals surface area contributed by atoms with E-state index in [0.29, 0.717) is 5.92 Å². The first-order valence-electron chi connectivity index (χ1n) is 8.18. The van der Waals surface area contributed by atoms with Crippen molar-refractivity contribution in [2.75, 3.05) is 32.4 Å². The molecule has 3 rings (SSSR count). The fourth-order valence-corrected chi connectivity index (χ4v) is 4.54. The number of nitrogens with zero attached hydrogens (tertiary/aromatic N) is 2. The summed E-state index contributed by atoms with van der Waals surface area (Å²) in [6.07, 6.45) is 8.24. The molecule has 0 aromatic heterocycles. The lowest BCUT2D eigenvalue weighted by Crippen LogP contribution is -2.48. The number of hydrazine groups is 1. The highest BCUT2D eigenvalue weighted by Gasteiger charge is 2.26. The van der Waals surface area contributed by atoms with Crippen molar-refractivity contribution in [3.8, 4) is 0 Å². The van der Waals surface area contributed by atoms with Crippen LogP contribution in [0.2, 0.25) is 0 Å². The lowest BCUT2D eigenvalue weighted by molar-refractivity contribution is -0.0553. The van der Waals surface area contributed by atoms with Crippen LogP contribution in [0.3, 0.4) is 0 Å². The van der Waals surface area contributed by atoms with Crippen LogP contribution in [0.5, 0.6) is 0 Å². The third-order valence-corrected chi connectivity index (χ3v) is 5.86.